The van der Waals surface area contributed by atoms with Crippen LogP contribution in [0.5, 0.6) is 0 Å². The maximum atomic E-state index is 6.43. The Balaban J connectivity index is 1.77. The van der Waals surface area contributed by atoms with E-state index in [1.54, 1.807) is 0 Å². The van der Waals surface area contributed by atoms with Crippen LogP contribution in [0.2, 0.25) is 0 Å². The first-order valence-electron chi connectivity index (χ1n) is 11.7. The Morgan fingerprint density at radius 3 is 1.31 bits per heavy atom. The smallest absolute Gasteiger partial charge is 0.199 e. The van der Waals surface area contributed by atoms with Crippen molar-refractivity contribution in [1.82, 2.24) is 0 Å². The SMILES string of the molecule is CC1(CC(CC2(C)CC2)(C2=N[C@@H](C(C)(C)C)CO2)C2=N[C@@H](C(C)(C)C)CO2)CC1. The molecule has 0 saturated heterocycles. The first-order valence-corrected chi connectivity index (χ1v) is 11.7. The van der Waals surface area contributed by atoms with Gasteiger partial charge in [-0.2, -0.15) is 0 Å². The Hall–Kier alpha value is -1.06. The molecule has 4 rings (SSSR count). The van der Waals surface area contributed by atoms with Crippen LogP contribution in [-0.2, 0) is 9.47 Å². The summed E-state index contributed by atoms with van der Waals surface area (Å²) < 4.78 is 12.9. The molecule has 0 aromatic heterocycles. The Labute approximate surface area is 177 Å². The van der Waals surface area contributed by atoms with Gasteiger partial charge in [-0.1, -0.05) is 55.4 Å². The van der Waals surface area contributed by atoms with Crippen LogP contribution in [0.25, 0.3) is 0 Å². The molecule has 2 fully saturated rings. The molecule has 0 radical (unpaired) electrons. The van der Waals surface area contributed by atoms with Crippen molar-refractivity contribution in [2.24, 2.45) is 37.1 Å². The number of rotatable bonds is 6. The summed E-state index contributed by atoms with van der Waals surface area (Å²) in [5.41, 5.74) is 0.640. The highest BCUT2D eigenvalue weighted by Gasteiger charge is 2.59. The summed E-state index contributed by atoms with van der Waals surface area (Å²) >= 11 is 0. The molecule has 2 saturated carbocycles. The van der Waals surface area contributed by atoms with Crippen molar-refractivity contribution >= 4 is 11.8 Å². The lowest BCUT2D eigenvalue weighted by atomic mass is 9.70. The van der Waals surface area contributed by atoms with E-state index in [0.717, 1.165) is 24.6 Å². The van der Waals surface area contributed by atoms with Gasteiger partial charge < -0.3 is 9.47 Å². The average molecular weight is 403 g/mol. The predicted molar refractivity (Wildman–Crippen MR) is 120 cm³/mol. The van der Waals surface area contributed by atoms with Gasteiger partial charge in [-0.15, -0.1) is 0 Å². The Kier molecular flexibility index (Phi) is 4.72. The predicted octanol–water partition coefficient (Wildman–Crippen LogP) is 6.04. The van der Waals surface area contributed by atoms with Crippen LogP contribution in [-0.4, -0.2) is 37.1 Å². The van der Waals surface area contributed by atoms with E-state index in [1.807, 2.05) is 0 Å². The molecule has 0 amide bonds. The third kappa shape index (κ3) is 4.23. The zero-order valence-electron chi connectivity index (χ0n) is 20.0. The van der Waals surface area contributed by atoms with E-state index >= 15 is 0 Å². The van der Waals surface area contributed by atoms with E-state index in [2.05, 4.69) is 55.4 Å². The monoisotopic (exact) mass is 402 g/mol. The van der Waals surface area contributed by atoms with E-state index in [-0.39, 0.29) is 28.3 Å². The van der Waals surface area contributed by atoms with E-state index in [1.165, 1.54) is 25.7 Å². The highest BCUT2D eigenvalue weighted by molar-refractivity contribution is 6.06. The standard InChI is InChI=1S/C25H42N2O2/c1-21(2,3)17-13-28-19(26-17)25(15-23(7)9-10-23,16-24(8)11-12-24)20-27-18(14-29-20)22(4,5)6/h17-18H,9-16H2,1-8H3/t17-,18-/m1/s1. The van der Waals surface area contributed by atoms with Crippen molar-refractivity contribution < 1.29 is 9.47 Å². The van der Waals surface area contributed by atoms with E-state index in [9.17, 15) is 0 Å². The normalized spacial score (nSPS) is 30.3. The molecule has 4 heteroatoms. The fourth-order valence-corrected chi connectivity index (χ4v) is 4.85. The minimum absolute atomic E-state index is 0.104. The highest BCUT2D eigenvalue weighted by Crippen LogP contribution is 2.61. The summed E-state index contributed by atoms with van der Waals surface area (Å²) in [6.45, 7) is 19.8. The van der Waals surface area contributed by atoms with Crippen molar-refractivity contribution in [1.29, 1.82) is 0 Å². The molecule has 29 heavy (non-hydrogen) atoms. The summed E-state index contributed by atoms with van der Waals surface area (Å²) in [6.07, 6.45) is 7.27. The van der Waals surface area contributed by atoms with Crippen LogP contribution in [0.1, 0.15) is 93.9 Å². The highest BCUT2D eigenvalue weighted by atomic mass is 16.5. The van der Waals surface area contributed by atoms with Crippen LogP contribution in [0.4, 0.5) is 0 Å². The molecule has 4 nitrogen and oxygen atoms in total. The summed E-state index contributed by atoms with van der Waals surface area (Å²) in [5, 5.41) is 0. The van der Waals surface area contributed by atoms with Crippen molar-refractivity contribution in [2.75, 3.05) is 13.2 Å². The lowest BCUT2D eigenvalue weighted by molar-refractivity contribution is 0.181. The summed E-state index contributed by atoms with van der Waals surface area (Å²) in [7, 11) is 0. The largest absolute Gasteiger partial charge is 0.478 e. The number of hydrogen-bond acceptors (Lipinski definition) is 4. The fraction of sp³-hybridized carbons (Fsp3) is 0.920. The number of aliphatic imine (C=N–C) groups is 2. The molecule has 2 aliphatic heterocycles. The molecule has 0 unspecified atom stereocenters. The summed E-state index contributed by atoms with van der Waals surface area (Å²) in [6, 6.07) is 0.410. The van der Waals surface area contributed by atoms with Gasteiger partial charge in [0.25, 0.3) is 0 Å². The molecule has 0 N–H and O–H groups in total. The fourth-order valence-electron chi connectivity index (χ4n) is 4.85. The molecule has 0 spiro atoms. The topological polar surface area (TPSA) is 43.2 Å². The molecular formula is C25H42N2O2. The number of nitrogens with zero attached hydrogens (tertiary/aromatic N) is 2. The third-order valence-electron chi connectivity index (χ3n) is 7.78. The van der Waals surface area contributed by atoms with Crippen LogP contribution < -0.4 is 0 Å². The van der Waals surface area contributed by atoms with Gasteiger partial charge in [-0.3, -0.25) is 0 Å². The second-order valence-corrected chi connectivity index (χ2v) is 13.3. The van der Waals surface area contributed by atoms with Gasteiger partial charge in [0.1, 0.15) is 18.6 Å². The van der Waals surface area contributed by atoms with E-state index in [4.69, 9.17) is 19.5 Å². The van der Waals surface area contributed by atoms with Crippen LogP contribution in [0.15, 0.2) is 9.98 Å². The Morgan fingerprint density at radius 1 is 0.724 bits per heavy atom. The van der Waals surface area contributed by atoms with Gasteiger partial charge in [-0.05, 0) is 60.2 Å². The Bertz CT molecular complexity index is 652. The van der Waals surface area contributed by atoms with Gasteiger partial charge in [0.05, 0.1) is 12.1 Å². The molecular weight excluding hydrogens is 360 g/mol. The first-order chi connectivity index (χ1) is 13.2. The lowest BCUT2D eigenvalue weighted by Gasteiger charge is -2.36. The second-order valence-electron chi connectivity index (χ2n) is 13.3. The zero-order chi connectivity index (χ0) is 21.3. The Morgan fingerprint density at radius 2 is 1.07 bits per heavy atom. The van der Waals surface area contributed by atoms with Crippen molar-refractivity contribution in [3.8, 4) is 0 Å². The van der Waals surface area contributed by atoms with Crippen molar-refractivity contribution in [3.63, 3.8) is 0 Å². The summed E-state index contributed by atoms with van der Waals surface area (Å²) in [5.74, 6) is 1.85. The van der Waals surface area contributed by atoms with E-state index < -0.39 is 0 Å². The van der Waals surface area contributed by atoms with Crippen LogP contribution >= 0.6 is 0 Å². The minimum Gasteiger partial charge on any atom is -0.478 e. The minimum atomic E-state index is -0.295. The van der Waals surface area contributed by atoms with Gasteiger partial charge in [0.2, 0.25) is 0 Å². The molecule has 0 aromatic carbocycles. The maximum absolute atomic E-state index is 6.43. The number of hydrogen-bond donors (Lipinski definition) is 0. The van der Waals surface area contributed by atoms with Crippen molar-refractivity contribution in [2.45, 2.75) is 106 Å². The average Bonchev–Trinajstić information content (AvgIpc) is 3.30. The molecule has 2 aliphatic carbocycles. The zero-order valence-corrected chi connectivity index (χ0v) is 20.0. The third-order valence-corrected chi connectivity index (χ3v) is 7.78. The first kappa shape index (κ1) is 21.2. The van der Waals surface area contributed by atoms with Gasteiger partial charge >= 0.3 is 0 Å². The van der Waals surface area contributed by atoms with Crippen LogP contribution in [0, 0.1) is 27.1 Å². The molecule has 0 aromatic rings. The van der Waals surface area contributed by atoms with Gasteiger partial charge in [-0.25, -0.2) is 9.98 Å². The van der Waals surface area contributed by atoms with Gasteiger partial charge in [0.15, 0.2) is 11.8 Å². The number of ether oxygens (including phenoxy) is 2. The van der Waals surface area contributed by atoms with Crippen molar-refractivity contribution in [3.05, 3.63) is 0 Å². The molecule has 2 atom stereocenters. The summed E-state index contributed by atoms with van der Waals surface area (Å²) in [4.78, 5) is 10.4. The second kappa shape index (κ2) is 6.47. The van der Waals surface area contributed by atoms with E-state index in [0.29, 0.717) is 24.0 Å². The molecule has 2 heterocycles. The quantitative estimate of drug-likeness (QED) is 0.543. The molecule has 0 bridgehead atoms. The van der Waals surface area contributed by atoms with Crippen LogP contribution in [0.3, 0.4) is 0 Å². The lowest BCUT2D eigenvalue weighted by Crippen LogP contribution is -2.43. The van der Waals surface area contributed by atoms with Gasteiger partial charge in [0, 0.05) is 0 Å². The molecule has 4 aliphatic rings. The molecule has 164 valence electrons. The maximum Gasteiger partial charge on any atom is 0.199 e.